The second-order valence-corrected chi connectivity index (χ2v) is 17.6. The largest absolute Gasteiger partial charge is 0.308 e. The average molecular weight is 832 g/mol. The summed E-state index contributed by atoms with van der Waals surface area (Å²) in [5.41, 5.74) is 18.6. The van der Waals surface area contributed by atoms with Gasteiger partial charge in [-0.25, -0.2) is 9.97 Å². The van der Waals surface area contributed by atoms with Crippen molar-refractivity contribution in [1.82, 2.24) is 24.1 Å². The summed E-state index contributed by atoms with van der Waals surface area (Å²) in [7, 11) is 0. The van der Waals surface area contributed by atoms with Gasteiger partial charge in [0, 0.05) is 96.3 Å². The minimum Gasteiger partial charge on any atom is -0.308 e. The molecular formula is C55H37N5S2. The van der Waals surface area contributed by atoms with Gasteiger partial charge < -0.3 is 9.13 Å². The molecule has 7 aromatic carbocycles. The average Bonchev–Trinajstić information content (AvgIpc) is 4.16. The molecule has 0 aliphatic heterocycles. The Morgan fingerprint density at radius 1 is 0.387 bits per heavy atom. The number of hydrogen-bond acceptors (Lipinski definition) is 5. The summed E-state index contributed by atoms with van der Waals surface area (Å²) in [4.78, 5) is 14.0. The van der Waals surface area contributed by atoms with E-state index in [1.165, 1.54) is 77.0 Å². The lowest BCUT2D eigenvalue weighted by molar-refractivity contribution is 1.16. The highest BCUT2D eigenvalue weighted by molar-refractivity contribution is 7.13. The molecule has 0 N–H and O–H groups in total. The highest BCUT2D eigenvalue weighted by Crippen LogP contribution is 2.47. The van der Waals surface area contributed by atoms with E-state index in [4.69, 9.17) is 4.98 Å². The molecule has 0 radical (unpaired) electrons. The third-order valence-electron chi connectivity index (χ3n) is 12.2. The van der Waals surface area contributed by atoms with E-state index in [1.54, 1.807) is 22.7 Å². The van der Waals surface area contributed by atoms with Crippen LogP contribution in [0, 0.1) is 13.8 Å². The molecule has 7 heteroatoms. The van der Waals surface area contributed by atoms with Gasteiger partial charge in [0.25, 0.3) is 0 Å². The van der Waals surface area contributed by atoms with Crippen LogP contribution in [0.3, 0.4) is 0 Å². The summed E-state index contributed by atoms with van der Waals surface area (Å²) in [6, 6.07) is 55.5. The summed E-state index contributed by atoms with van der Waals surface area (Å²) in [5, 5.41) is 10.9. The van der Waals surface area contributed by atoms with Crippen LogP contribution in [-0.2, 0) is 0 Å². The maximum absolute atomic E-state index is 4.71. The van der Waals surface area contributed by atoms with Crippen LogP contribution < -0.4 is 0 Å². The Morgan fingerprint density at radius 2 is 0.855 bits per heavy atom. The molecule has 0 unspecified atom stereocenters. The zero-order valence-electron chi connectivity index (χ0n) is 34.0. The van der Waals surface area contributed by atoms with Gasteiger partial charge in [-0.05, 0) is 96.3 Å². The van der Waals surface area contributed by atoms with E-state index in [0.717, 1.165) is 43.6 Å². The highest BCUT2D eigenvalue weighted by Gasteiger charge is 2.24. The van der Waals surface area contributed by atoms with Crippen molar-refractivity contribution in [2.75, 3.05) is 0 Å². The maximum atomic E-state index is 4.71. The van der Waals surface area contributed by atoms with Crippen LogP contribution in [0.15, 0.2) is 187 Å². The fourth-order valence-corrected chi connectivity index (χ4v) is 11.0. The lowest BCUT2D eigenvalue weighted by Gasteiger charge is -2.16. The highest BCUT2D eigenvalue weighted by atomic mass is 32.1. The van der Waals surface area contributed by atoms with Crippen molar-refractivity contribution in [3.63, 3.8) is 0 Å². The molecule has 5 heterocycles. The predicted molar refractivity (Wildman–Crippen MR) is 261 cm³/mol. The number of thiazole rings is 2. The Balaban J connectivity index is 1.17. The summed E-state index contributed by atoms with van der Waals surface area (Å²) < 4.78 is 4.98. The zero-order valence-corrected chi connectivity index (χ0v) is 35.6. The number of para-hydroxylation sites is 4. The van der Waals surface area contributed by atoms with Gasteiger partial charge in [0.2, 0.25) is 0 Å². The first-order chi connectivity index (χ1) is 30.6. The smallest absolute Gasteiger partial charge is 0.123 e. The summed E-state index contributed by atoms with van der Waals surface area (Å²) in [6.07, 6.45) is 7.60. The number of nitrogens with zero attached hydrogens (tertiary/aromatic N) is 5. The van der Waals surface area contributed by atoms with Crippen LogP contribution in [0.2, 0.25) is 0 Å². The van der Waals surface area contributed by atoms with Crippen molar-refractivity contribution >= 4 is 66.3 Å². The summed E-state index contributed by atoms with van der Waals surface area (Å²) >= 11 is 3.33. The molecule has 0 amide bonds. The van der Waals surface area contributed by atoms with Crippen LogP contribution in [0.5, 0.6) is 0 Å². The lowest BCUT2D eigenvalue weighted by Crippen LogP contribution is -1.99. The van der Waals surface area contributed by atoms with Crippen LogP contribution in [0.1, 0.15) is 11.1 Å². The Morgan fingerprint density at radius 3 is 1.37 bits per heavy atom. The molecule has 0 fully saturated rings. The van der Waals surface area contributed by atoms with Gasteiger partial charge in [0.1, 0.15) is 10.0 Å². The predicted octanol–water partition coefficient (Wildman–Crippen LogP) is 15.1. The molecule has 12 rings (SSSR count). The third kappa shape index (κ3) is 5.70. The van der Waals surface area contributed by atoms with E-state index in [0.29, 0.717) is 0 Å². The first-order valence-electron chi connectivity index (χ1n) is 20.7. The van der Waals surface area contributed by atoms with E-state index in [-0.39, 0.29) is 0 Å². The third-order valence-corrected chi connectivity index (χ3v) is 13.8. The van der Waals surface area contributed by atoms with Crippen LogP contribution in [0.4, 0.5) is 0 Å². The number of pyridine rings is 1. The van der Waals surface area contributed by atoms with E-state index < -0.39 is 0 Å². The Labute approximate surface area is 366 Å². The van der Waals surface area contributed by atoms with Crippen molar-refractivity contribution in [3.8, 4) is 65.9 Å². The molecule has 0 saturated heterocycles. The summed E-state index contributed by atoms with van der Waals surface area (Å²) in [6.45, 7) is 4.50. The number of aryl methyl sites for hydroxylation is 2. The molecule has 0 aliphatic rings. The second kappa shape index (κ2) is 14.6. The topological polar surface area (TPSA) is 48.5 Å². The first-order valence-corrected chi connectivity index (χ1v) is 22.5. The van der Waals surface area contributed by atoms with Gasteiger partial charge in [-0.15, -0.1) is 22.7 Å². The molecule has 62 heavy (non-hydrogen) atoms. The maximum Gasteiger partial charge on any atom is 0.123 e. The fourth-order valence-electron chi connectivity index (χ4n) is 9.65. The number of fused-ring (bicyclic) bond motifs is 6. The normalized spacial score (nSPS) is 11.7. The van der Waals surface area contributed by atoms with E-state index >= 15 is 0 Å². The van der Waals surface area contributed by atoms with Crippen molar-refractivity contribution < 1.29 is 0 Å². The van der Waals surface area contributed by atoms with Crippen molar-refractivity contribution in [2.24, 2.45) is 0 Å². The number of hydrogen-bond donors (Lipinski definition) is 0. The zero-order chi connectivity index (χ0) is 41.3. The van der Waals surface area contributed by atoms with E-state index in [9.17, 15) is 0 Å². The van der Waals surface area contributed by atoms with Crippen molar-refractivity contribution in [2.45, 2.75) is 13.8 Å². The molecule has 294 valence electrons. The van der Waals surface area contributed by atoms with Gasteiger partial charge in [-0.2, -0.15) is 0 Å². The van der Waals surface area contributed by atoms with Gasteiger partial charge in [-0.3, -0.25) is 4.98 Å². The van der Waals surface area contributed by atoms with Gasteiger partial charge >= 0.3 is 0 Å². The summed E-state index contributed by atoms with van der Waals surface area (Å²) in [5.74, 6) is 0. The van der Waals surface area contributed by atoms with E-state index in [2.05, 4.69) is 185 Å². The first kappa shape index (κ1) is 36.4. The van der Waals surface area contributed by atoms with Gasteiger partial charge in [0.05, 0.1) is 22.1 Å². The van der Waals surface area contributed by atoms with Crippen LogP contribution >= 0.6 is 22.7 Å². The standard InChI is InChI=1S/C55H37N5S2/c1-34-29-36(40-17-9-10-18-45(40)54-57-25-27-61-54)31-47-43-21-11-19-41(52(43)59(50(34)47)38-13-5-3-6-14-38)42-20-12-22-44-48-32-37(49-33-56-24-23-46(49)55-58-26-28-62-55)30-35(2)51(48)60(53(42)44)39-15-7-4-8-16-39/h3-33H,1-2H3. The molecule has 0 bridgehead atoms. The molecule has 5 nitrogen and oxygen atoms in total. The van der Waals surface area contributed by atoms with Crippen LogP contribution in [0.25, 0.3) is 110 Å². The number of rotatable bonds is 7. The van der Waals surface area contributed by atoms with Crippen LogP contribution in [-0.4, -0.2) is 24.1 Å². The number of aromatic nitrogens is 5. The van der Waals surface area contributed by atoms with Gasteiger partial charge in [0.15, 0.2) is 0 Å². The molecule has 5 aromatic heterocycles. The van der Waals surface area contributed by atoms with Crippen molar-refractivity contribution in [1.29, 1.82) is 0 Å². The SMILES string of the molecule is Cc1cc(-c2ccccc2-c2nccs2)cc2c3cccc(-c4cccc5c6cc(-c7cnccc7-c7nccs7)cc(C)c6n(-c6ccccc6)c45)c3n(-c3ccccc3)c12. The minimum absolute atomic E-state index is 0.988. The molecule has 0 atom stereocenters. The molecule has 0 saturated carbocycles. The molecular weight excluding hydrogens is 795 g/mol. The Kier molecular flexibility index (Phi) is 8.59. The Hall–Kier alpha value is -7.45. The quantitative estimate of drug-likeness (QED) is 0.161. The molecule has 0 aliphatic carbocycles. The monoisotopic (exact) mass is 831 g/mol. The molecule has 0 spiro atoms. The van der Waals surface area contributed by atoms with E-state index in [1.807, 2.05) is 35.5 Å². The number of benzene rings is 7. The lowest BCUT2D eigenvalue weighted by atomic mass is 9.95. The fraction of sp³-hybridized carbons (Fsp3) is 0.0364. The minimum atomic E-state index is 0.988. The van der Waals surface area contributed by atoms with Gasteiger partial charge in [-0.1, -0.05) is 97.1 Å². The second-order valence-electron chi connectivity index (χ2n) is 15.8. The van der Waals surface area contributed by atoms with Crippen molar-refractivity contribution in [3.05, 3.63) is 198 Å². The molecule has 12 aromatic rings. The Bertz CT molecular complexity index is 3400.